The van der Waals surface area contributed by atoms with Gasteiger partial charge in [-0.25, -0.2) is 4.79 Å². The molecule has 0 amide bonds. The number of carbonyl (C=O) groups is 1. The van der Waals surface area contributed by atoms with Crippen molar-refractivity contribution in [3.63, 3.8) is 0 Å². The zero-order valence-electron chi connectivity index (χ0n) is 11.1. The minimum Gasteiger partial charge on any atom is -0.448 e. The molecule has 5 nitrogen and oxygen atoms in total. The summed E-state index contributed by atoms with van der Waals surface area (Å²) in [4.78, 5) is 11.7. The minimum atomic E-state index is -5.11. The van der Waals surface area contributed by atoms with E-state index in [1.165, 1.54) is 12.1 Å². The van der Waals surface area contributed by atoms with E-state index < -0.39 is 34.1 Å². The number of aryl methyl sites for hydroxylation is 2. The molecule has 0 bridgehead atoms. The van der Waals surface area contributed by atoms with E-state index in [1.54, 1.807) is 19.9 Å². The minimum absolute atomic E-state index is 0.128. The molecule has 1 unspecified atom stereocenters. The number of halogens is 3. The number of hydrogen-bond acceptors (Lipinski definition) is 4. The van der Waals surface area contributed by atoms with E-state index in [-0.39, 0.29) is 5.56 Å². The maximum absolute atomic E-state index is 12.6. The van der Waals surface area contributed by atoms with E-state index in [0.717, 1.165) is 0 Å². The lowest BCUT2D eigenvalue weighted by Crippen LogP contribution is -2.39. The van der Waals surface area contributed by atoms with Gasteiger partial charge in [-0.2, -0.15) is 21.6 Å². The summed E-state index contributed by atoms with van der Waals surface area (Å²) in [7, 11) is -4.95. The highest BCUT2D eigenvalue weighted by Crippen LogP contribution is 2.25. The topological polar surface area (TPSA) is 80.7 Å². The van der Waals surface area contributed by atoms with Crippen LogP contribution in [0.1, 0.15) is 21.5 Å². The van der Waals surface area contributed by atoms with Crippen LogP contribution in [0, 0.1) is 13.8 Å². The zero-order chi connectivity index (χ0) is 16.4. The first-order chi connectivity index (χ1) is 9.38. The first-order valence-electron chi connectivity index (χ1n) is 5.69. The molecule has 21 heavy (non-hydrogen) atoms. The number of alkyl halides is 3. The van der Waals surface area contributed by atoms with Crippen LogP contribution in [0.5, 0.6) is 0 Å². The van der Waals surface area contributed by atoms with Gasteiger partial charge < -0.3 is 4.74 Å². The molecule has 1 atom stereocenters. The van der Waals surface area contributed by atoms with E-state index in [1.807, 2.05) is 0 Å². The van der Waals surface area contributed by atoms with Gasteiger partial charge in [-0.3, -0.25) is 4.55 Å². The fraction of sp³-hybridized carbons (Fsp3) is 0.417. The second kappa shape index (κ2) is 6.02. The molecule has 0 saturated heterocycles. The van der Waals surface area contributed by atoms with E-state index in [2.05, 4.69) is 4.74 Å². The van der Waals surface area contributed by atoms with E-state index in [0.29, 0.717) is 11.1 Å². The zero-order valence-corrected chi connectivity index (χ0v) is 12.0. The van der Waals surface area contributed by atoms with Crippen LogP contribution in [0.3, 0.4) is 0 Å². The Morgan fingerprint density at radius 2 is 1.71 bits per heavy atom. The summed E-state index contributed by atoms with van der Waals surface area (Å²) in [6.45, 7) is 3.28. The van der Waals surface area contributed by atoms with Crippen LogP contribution in [0.15, 0.2) is 18.2 Å². The quantitative estimate of drug-likeness (QED) is 0.678. The average Bonchev–Trinajstić information content (AvgIpc) is 2.23. The first-order valence-corrected chi connectivity index (χ1v) is 7.30. The maximum atomic E-state index is 12.6. The normalized spacial score (nSPS) is 13.8. The molecule has 1 aromatic rings. The average molecular weight is 326 g/mol. The van der Waals surface area contributed by atoms with Crippen LogP contribution >= 0.6 is 0 Å². The number of carbonyl (C=O) groups excluding carboxylic acids is 1. The van der Waals surface area contributed by atoms with Gasteiger partial charge in [0.15, 0.2) is 0 Å². The lowest BCUT2D eigenvalue weighted by Gasteiger charge is -2.19. The molecule has 1 rings (SSSR count). The Labute approximate surface area is 119 Å². The van der Waals surface area contributed by atoms with Crippen LogP contribution in [0.2, 0.25) is 0 Å². The van der Waals surface area contributed by atoms with Gasteiger partial charge >= 0.3 is 12.1 Å². The molecule has 118 valence electrons. The highest BCUT2D eigenvalue weighted by atomic mass is 32.2. The van der Waals surface area contributed by atoms with Crippen molar-refractivity contribution in [1.29, 1.82) is 0 Å². The number of esters is 1. The maximum Gasteiger partial charge on any atom is 0.426 e. The molecular weight excluding hydrogens is 313 g/mol. The summed E-state index contributed by atoms with van der Waals surface area (Å²) < 4.78 is 71.7. The van der Waals surface area contributed by atoms with Crippen LogP contribution < -0.4 is 0 Å². The Bertz CT molecular complexity index is 617. The molecule has 0 spiro atoms. The summed E-state index contributed by atoms with van der Waals surface area (Å²) in [5, 5.41) is 0. The molecule has 0 aromatic heterocycles. The van der Waals surface area contributed by atoms with Crippen molar-refractivity contribution in [2.75, 3.05) is 5.75 Å². The lowest BCUT2D eigenvalue weighted by atomic mass is 10.1. The summed E-state index contributed by atoms with van der Waals surface area (Å²) in [6.07, 6.45) is -8.04. The van der Waals surface area contributed by atoms with Crippen LogP contribution in [-0.2, 0) is 14.9 Å². The summed E-state index contributed by atoms with van der Waals surface area (Å²) in [5.74, 6) is -3.06. The van der Waals surface area contributed by atoms with Gasteiger partial charge in [0.2, 0.25) is 6.10 Å². The van der Waals surface area contributed by atoms with Crippen LogP contribution in [0.4, 0.5) is 13.2 Å². The monoisotopic (exact) mass is 326 g/mol. The molecule has 1 aromatic carbocycles. The fourth-order valence-electron chi connectivity index (χ4n) is 1.68. The van der Waals surface area contributed by atoms with Crippen molar-refractivity contribution in [1.82, 2.24) is 0 Å². The van der Waals surface area contributed by atoms with Gasteiger partial charge in [0.25, 0.3) is 10.1 Å². The lowest BCUT2D eigenvalue weighted by molar-refractivity contribution is -0.197. The molecule has 0 aliphatic rings. The molecule has 0 aliphatic carbocycles. The van der Waals surface area contributed by atoms with Gasteiger partial charge in [0.05, 0.1) is 5.56 Å². The third-order valence-electron chi connectivity index (χ3n) is 2.43. The van der Waals surface area contributed by atoms with Gasteiger partial charge in [-0.05, 0) is 26.0 Å². The van der Waals surface area contributed by atoms with Crippen molar-refractivity contribution in [2.45, 2.75) is 26.1 Å². The van der Waals surface area contributed by atoms with Crippen molar-refractivity contribution in [2.24, 2.45) is 0 Å². The molecule has 0 aliphatic heterocycles. The number of hydrogen-bond donors (Lipinski definition) is 1. The largest absolute Gasteiger partial charge is 0.448 e. The molecular formula is C12H13F3O5S. The van der Waals surface area contributed by atoms with Crippen molar-refractivity contribution in [3.8, 4) is 0 Å². The van der Waals surface area contributed by atoms with Gasteiger partial charge in [0.1, 0.15) is 5.75 Å². The Balaban J connectivity index is 3.00. The predicted octanol–water partition coefficient (Wildman–Crippen LogP) is 2.28. The van der Waals surface area contributed by atoms with Gasteiger partial charge in [-0.1, -0.05) is 17.2 Å². The van der Waals surface area contributed by atoms with Gasteiger partial charge in [-0.15, -0.1) is 0 Å². The second-order valence-corrected chi connectivity index (χ2v) is 6.06. The number of rotatable bonds is 4. The Morgan fingerprint density at radius 1 is 1.24 bits per heavy atom. The number of benzene rings is 1. The van der Waals surface area contributed by atoms with Crippen molar-refractivity contribution < 1.29 is 35.7 Å². The van der Waals surface area contributed by atoms with E-state index in [9.17, 15) is 26.4 Å². The smallest absolute Gasteiger partial charge is 0.426 e. The molecule has 9 heteroatoms. The summed E-state index contributed by atoms with van der Waals surface area (Å²) in [5.41, 5.74) is 1.15. The highest BCUT2D eigenvalue weighted by Gasteiger charge is 2.45. The highest BCUT2D eigenvalue weighted by molar-refractivity contribution is 7.85. The molecule has 0 heterocycles. The molecule has 0 fully saturated rings. The van der Waals surface area contributed by atoms with E-state index in [4.69, 9.17) is 4.55 Å². The second-order valence-electron chi connectivity index (χ2n) is 4.56. The summed E-state index contributed by atoms with van der Waals surface area (Å²) >= 11 is 0. The summed E-state index contributed by atoms with van der Waals surface area (Å²) in [6, 6.07) is 4.34. The predicted molar refractivity (Wildman–Crippen MR) is 67.6 cm³/mol. The van der Waals surface area contributed by atoms with Gasteiger partial charge in [0, 0.05) is 0 Å². The Morgan fingerprint density at radius 3 is 2.10 bits per heavy atom. The third kappa shape index (κ3) is 5.72. The fourth-order valence-corrected chi connectivity index (χ4v) is 2.32. The van der Waals surface area contributed by atoms with E-state index >= 15 is 0 Å². The molecule has 0 radical (unpaired) electrons. The Kier molecular flexibility index (Phi) is 5.00. The van der Waals surface area contributed by atoms with Crippen LogP contribution in [0.25, 0.3) is 0 Å². The molecule has 1 N–H and O–H groups in total. The standard InChI is InChI=1S/C12H13F3O5S/c1-7-3-8(2)5-9(4-7)11(16)20-10(12(13,14)15)6-21(17,18)19/h3-5,10H,6H2,1-2H3,(H,17,18,19). The Hall–Kier alpha value is -1.61. The SMILES string of the molecule is Cc1cc(C)cc(C(=O)OC(CS(=O)(=O)O)C(F)(F)F)c1. The van der Waals surface area contributed by atoms with Crippen LogP contribution in [-0.4, -0.2) is 37.0 Å². The number of ether oxygens (including phenoxy) is 1. The van der Waals surface area contributed by atoms with Crippen molar-refractivity contribution in [3.05, 3.63) is 34.9 Å². The first kappa shape index (κ1) is 17.4. The third-order valence-corrected chi connectivity index (χ3v) is 3.16. The molecule has 0 saturated carbocycles. The van der Waals surface area contributed by atoms with Crippen molar-refractivity contribution >= 4 is 16.1 Å².